The third-order valence-electron chi connectivity index (χ3n) is 3.56. The van der Waals surface area contributed by atoms with Crippen molar-refractivity contribution in [3.63, 3.8) is 0 Å². The molecule has 0 bridgehead atoms. The zero-order valence-corrected chi connectivity index (χ0v) is 12.3. The molecule has 1 aromatic rings. The van der Waals surface area contributed by atoms with Crippen molar-refractivity contribution in [3.05, 3.63) is 35.7 Å². The zero-order valence-electron chi connectivity index (χ0n) is 12.3. The highest BCUT2D eigenvalue weighted by Gasteiger charge is 2.20. The highest BCUT2D eigenvalue weighted by Crippen LogP contribution is 2.37. The Morgan fingerprint density at radius 1 is 1.15 bits per heavy atom. The summed E-state index contributed by atoms with van der Waals surface area (Å²) in [4.78, 5) is 0. The summed E-state index contributed by atoms with van der Waals surface area (Å²) < 4.78 is 25.3. The minimum absolute atomic E-state index is 0.183. The Hall–Kier alpha value is -1.51. The lowest BCUT2D eigenvalue weighted by atomic mass is 9.90. The first kappa shape index (κ1) is 14.9. The first-order valence-electron chi connectivity index (χ1n) is 7.50. The molecule has 1 aliphatic rings. The Labute approximate surface area is 120 Å². The van der Waals surface area contributed by atoms with E-state index >= 15 is 0 Å². The molecule has 1 unspecified atom stereocenters. The van der Waals surface area contributed by atoms with Gasteiger partial charge in [0.1, 0.15) is 19.0 Å². The number of rotatable bonds is 6. The van der Waals surface area contributed by atoms with Crippen molar-refractivity contribution < 1.29 is 13.9 Å². The van der Waals surface area contributed by atoms with Crippen LogP contribution in [0.4, 0.5) is 4.39 Å². The number of fused-ring (bicyclic) bond motifs is 1. The molecule has 0 saturated heterocycles. The van der Waals surface area contributed by atoms with E-state index in [2.05, 4.69) is 26.0 Å². The molecule has 0 amide bonds. The molecule has 0 radical (unpaired) electrons. The number of hydrogen-bond acceptors (Lipinski definition) is 2. The van der Waals surface area contributed by atoms with Crippen molar-refractivity contribution in [1.29, 1.82) is 0 Å². The van der Waals surface area contributed by atoms with E-state index < -0.39 is 0 Å². The molecule has 0 saturated carbocycles. The maximum absolute atomic E-state index is 14.3. The number of ether oxygens (including phenoxy) is 2. The Balaban J connectivity index is 2.24. The van der Waals surface area contributed by atoms with Gasteiger partial charge >= 0.3 is 0 Å². The topological polar surface area (TPSA) is 18.5 Å². The number of halogens is 1. The number of benzene rings is 1. The second-order valence-electron chi connectivity index (χ2n) is 5.12. The molecule has 1 heterocycles. The summed E-state index contributed by atoms with van der Waals surface area (Å²) >= 11 is 0. The molecular formula is C17H23FO2. The van der Waals surface area contributed by atoms with Crippen LogP contribution in [0.25, 0.3) is 0 Å². The van der Waals surface area contributed by atoms with Gasteiger partial charge in [-0.3, -0.25) is 0 Å². The van der Waals surface area contributed by atoms with Gasteiger partial charge in [0.25, 0.3) is 0 Å². The van der Waals surface area contributed by atoms with Gasteiger partial charge in [-0.25, -0.2) is 4.39 Å². The predicted octanol–water partition coefficient (Wildman–Crippen LogP) is 4.84. The van der Waals surface area contributed by atoms with Crippen LogP contribution in [0.15, 0.2) is 24.3 Å². The van der Waals surface area contributed by atoms with Crippen LogP contribution in [0.3, 0.4) is 0 Å². The van der Waals surface area contributed by atoms with Gasteiger partial charge in [0.05, 0.1) is 0 Å². The molecule has 0 N–H and O–H groups in total. The van der Waals surface area contributed by atoms with Crippen molar-refractivity contribution in [2.75, 3.05) is 13.2 Å². The van der Waals surface area contributed by atoms with Crippen molar-refractivity contribution >= 4 is 0 Å². The molecule has 2 nitrogen and oxygen atoms in total. The van der Waals surface area contributed by atoms with Crippen LogP contribution in [0.5, 0.6) is 11.5 Å². The van der Waals surface area contributed by atoms with Gasteiger partial charge in [-0.2, -0.15) is 0 Å². The molecule has 2 rings (SSSR count). The largest absolute Gasteiger partial charge is 0.486 e. The van der Waals surface area contributed by atoms with Crippen LogP contribution in [-0.4, -0.2) is 13.2 Å². The lowest BCUT2D eigenvalue weighted by Crippen LogP contribution is -2.16. The molecule has 110 valence electrons. The molecule has 0 spiro atoms. The van der Waals surface area contributed by atoms with E-state index in [4.69, 9.17) is 9.47 Å². The SMILES string of the molecule is CC/C=C\CC(CCC)c1cc2c(cc1F)OCCO2. The lowest BCUT2D eigenvalue weighted by Gasteiger charge is -2.22. The fraction of sp³-hybridized carbons (Fsp3) is 0.529. The lowest BCUT2D eigenvalue weighted by molar-refractivity contribution is 0.170. The van der Waals surface area contributed by atoms with Crippen LogP contribution in [0.2, 0.25) is 0 Å². The quantitative estimate of drug-likeness (QED) is 0.693. The molecule has 1 atom stereocenters. The first-order chi connectivity index (χ1) is 9.76. The third kappa shape index (κ3) is 3.53. The molecule has 20 heavy (non-hydrogen) atoms. The first-order valence-corrected chi connectivity index (χ1v) is 7.50. The molecule has 0 fully saturated rings. The van der Waals surface area contributed by atoms with Gasteiger partial charge in [0.15, 0.2) is 11.5 Å². The van der Waals surface area contributed by atoms with Crippen LogP contribution in [0.1, 0.15) is 51.0 Å². The van der Waals surface area contributed by atoms with E-state index in [0.29, 0.717) is 24.7 Å². The molecule has 3 heteroatoms. The number of allylic oxidation sites excluding steroid dienone is 2. The summed E-state index contributed by atoms with van der Waals surface area (Å²) in [7, 11) is 0. The van der Waals surface area contributed by atoms with Crippen LogP contribution in [0, 0.1) is 5.82 Å². The number of hydrogen-bond donors (Lipinski definition) is 0. The molecule has 1 aliphatic heterocycles. The van der Waals surface area contributed by atoms with Gasteiger partial charge in [-0.1, -0.05) is 32.4 Å². The van der Waals surface area contributed by atoms with Gasteiger partial charge in [-0.15, -0.1) is 0 Å². The average Bonchev–Trinajstić information content (AvgIpc) is 2.46. The van der Waals surface area contributed by atoms with Gasteiger partial charge in [0.2, 0.25) is 0 Å². The smallest absolute Gasteiger partial charge is 0.164 e. The molecule has 0 aromatic heterocycles. The fourth-order valence-electron chi connectivity index (χ4n) is 2.57. The van der Waals surface area contributed by atoms with Crippen molar-refractivity contribution in [3.8, 4) is 11.5 Å². The minimum atomic E-state index is -0.183. The Morgan fingerprint density at radius 2 is 1.85 bits per heavy atom. The summed E-state index contributed by atoms with van der Waals surface area (Å²) in [5, 5.41) is 0. The normalized spacial score (nSPS) is 15.6. The maximum Gasteiger partial charge on any atom is 0.164 e. The van der Waals surface area contributed by atoms with Crippen LogP contribution >= 0.6 is 0 Å². The second kappa shape index (κ2) is 7.32. The summed E-state index contributed by atoms with van der Waals surface area (Å²) in [6.45, 7) is 5.26. The summed E-state index contributed by atoms with van der Waals surface area (Å²) in [6, 6.07) is 3.29. The standard InChI is InChI=1S/C17H23FO2/c1-3-5-6-8-13(7-4-2)14-11-16-17(12-15(14)18)20-10-9-19-16/h5-6,11-13H,3-4,7-10H2,1-2H3/b6-5-. The third-order valence-corrected chi connectivity index (χ3v) is 3.56. The maximum atomic E-state index is 14.3. The van der Waals surface area contributed by atoms with Gasteiger partial charge in [0, 0.05) is 6.07 Å². The molecule has 0 aliphatic carbocycles. The van der Waals surface area contributed by atoms with Crippen LogP contribution < -0.4 is 9.47 Å². The van der Waals surface area contributed by atoms with E-state index in [1.54, 1.807) is 0 Å². The Bertz CT molecular complexity index is 468. The highest BCUT2D eigenvalue weighted by atomic mass is 19.1. The average molecular weight is 278 g/mol. The zero-order chi connectivity index (χ0) is 14.4. The second-order valence-corrected chi connectivity index (χ2v) is 5.12. The predicted molar refractivity (Wildman–Crippen MR) is 79.1 cm³/mol. The van der Waals surface area contributed by atoms with E-state index in [1.807, 2.05) is 6.07 Å². The summed E-state index contributed by atoms with van der Waals surface area (Å²) in [6.07, 6.45) is 8.19. The molecular weight excluding hydrogens is 255 g/mol. The highest BCUT2D eigenvalue weighted by molar-refractivity contribution is 5.45. The van der Waals surface area contributed by atoms with Gasteiger partial charge < -0.3 is 9.47 Å². The van der Waals surface area contributed by atoms with E-state index in [0.717, 1.165) is 31.2 Å². The minimum Gasteiger partial charge on any atom is -0.486 e. The monoisotopic (exact) mass is 278 g/mol. The van der Waals surface area contributed by atoms with E-state index in [1.165, 1.54) is 6.07 Å². The van der Waals surface area contributed by atoms with Crippen molar-refractivity contribution in [1.82, 2.24) is 0 Å². The summed E-state index contributed by atoms with van der Waals surface area (Å²) in [5.41, 5.74) is 0.747. The van der Waals surface area contributed by atoms with Crippen molar-refractivity contribution in [2.24, 2.45) is 0 Å². The van der Waals surface area contributed by atoms with Crippen molar-refractivity contribution in [2.45, 2.75) is 45.4 Å². The fourth-order valence-corrected chi connectivity index (χ4v) is 2.57. The molecule has 1 aromatic carbocycles. The van der Waals surface area contributed by atoms with Gasteiger partial charge in [-0.05, 0) is 36.8 Å². The Kier molecular flexibility index (Phi) is 5.45. The van der Waals surface area contributed by atoms with E-state index in [9.17, 15) is 4.39 Å². The summed E-state index contributed by atoms with van der Waals surface area (Å²) in [5.74, 6) is 1.22. The Morgan fingerprint density at radius 3 is 2.50 bits per heavy atom. The van der Waals surface area contributed by atoms with Crippen LogP contribution in [-0.2, 0) is 0 Å². The van der Waals surface area contributed by atoms with E-state index in [-0.39, 0.29) is 11.7 Å².